The summed E-state index contributed by atoms with van der Waals surface area (Å²) >= 11 is 0. The lowest BCUT2D eigenvalue weighted by Gasteiger charge is -2.32. The van der Waals surface area contributed by atoms with Gasteiger partial charge < -0.3 is 15.2 Å². The fourth-order valence-electron chi connectivity index (χ4n) is 2.21. The highest BCUT2D eigenvalue weighted by molar-refractivity contribution is 5.68. The number of carbonyl (C=O) groups excluding carboxylic acids is 1. The molecule has 1 unspecified atom stereocenters. The maximum Gasteiger partial charge on any atom is 0.317 e. The molecule has 0 fully saturated rings. The molecule has 0 aromatic rings. The first kappa shape index (κ1) is 17.9. The number of hydrogen-bond acceptors (Lipinski definition) is 5. The number of hydrogen-bond donors (Lipinski definition) is 2. The molecule has 2 N–H and O–H groups in total. The van der Waals surface area contributed by atoms with Gasteiger partial charge in [-0.25, -0.2) is 0 Å². The lowest BCUT2D eigenvalue weighted by atomic mass is 10.00. The molecule has 0 spiro atoms. The molecule has 0 heterocycles. The monoisotopic (exact) mass is 274 g/mol. The second-order valence-electron chi connectivity index (χ2n) is 4.85. The second kappa shape index (κ2) is 10.8. The van der Waals surface area contributed by atoms with E-state index in [2.05, 4.69) is 31.0 Å². The van der Waals surface area contributed by atoms with Gasteiger partial charge in [-0.15, -0.1) is 0 Å². The van der Waals surface area contributed by atoms with Crippen LogP contribution in [0.2, 0.25) is 0 Å². The van der Waals surface area contributed by atoms with E-state index in [9.17, 15) is 9.59 Å². The van der Waals surface area contributed by atoms with Crippen LogP contribution in [0.15, 0.2) is 0 Å². The van der Waals surface area contributed by atoms with Crippen LogP contribution in [0.4, 0.5) is 0 Å². The van der Waals surface area contributed by atoms with Gasteiger partial charge in [0.1, 0.15) is 6.73 Å². The fourth-order valence-corrected chi connectivity index (χ4v) is 2.21. The Morgan fingerprint density at radius 2 is 2.16 bits per heavy atom. The Morgan fingerprint density at radius 3 is 2.63 bits per heavy atom. The summed E-state index contributed by atoms with van der Waals surface area (Å²) < 4.78 is 4.85. The molecule has 0 radical (unpaired) electrons. The Labute approximate surface area is 115 Å². The molecular formula is C13H26N2O4. The summed E-state index contributed by atoms with van der Waals surface area (Å²) in [4.78, 5) is 22.8. The minimum absolute atomic E-state index is 0.0216. The van der Waals surface area contributed by atoms with E-state index >= 15 is 0 Å². The minimum Gasteiger partial charge on any atom is -0.480 e. The molecule has 0 aromatic heterocycles. The van der Waals surface area contributed by atoms with Gasteiger partial charge in [0, 0.05) is 12.6 Å². The number of nitrogens with one attached hydrogen (secondary N) is 1. The number of ether oxygens (including phenoxy) is 1. The Kier molecular flexibility index (Phi) is 10.1. The SMILES string of the molecule is CCC(C(C)C)N(CCCNCC(=O)O)COC=O. The standard InChI is InChI=1S/C13H26N2O4/c1-4-12(11(2)3)15(9-19-10-16)7-5-6-14-8-13(17)18/h10-12,14H,4-9H2,1-3H3,(H,17,18). The first-order valence-electron chi connectivity index (χ1n) is 6.74. The topological polar surface area (TPSA) is 78.9 Å². The molecule has 0 aliphatic rings. The van der Waals surface area contributed by atoms with Gasteiger partial charge in [0.05, 0.1) is 6.54 Å². The zero-order chi connectivity index (χ0) is 14.7. The van der Waals surface area contributed by atoms with Crippen molar-refractivity contribution >= 4 is 12.4 Å². The Balaban J connectivity index is 4.11. The summed E-state index contributed by atoms with van der Waals surface area (Å²) in [5.41, 5.74) is 0. The third-order valence-electron chi connectivity index (χ3n) is 3.04. The lowest BCUT2D eigenvalue weighted by molar-refractivity contribution is -0.136. The highest BCUT2D eigenvalue weighted by atomic mass is 16.5. The van der Waals surface area contributed by atoms with E-state index in [1.54, 1.807) is 0 Å². The maximum atomic E-state index is 10.3. The molecule has 0 amide bonds. The molecule has 0 rings (SSSR count). The highest BCUT2D eigenvalue weighted by Gasteiger charge is 2.19. The zero-order valence-corrected chi connectivity index (χ0v) is 12.1. The fraction of sp³-hybridized carbons (Fsp3) is 0.846. The molecule has 0 aliphatic carbocycles. The van der Waals surface area contributed by atoms with Gasteiger partial charge in [-0.2, -0.15) is 0 Å². The van der Waals surface area contributed by atoms with E-state index in [0.29, 0.717) is 31.7 Å². The molecule has 0 saturated carbocycles. The van der Waals surface area contributed by atoms with Crippen molar-refractivity contribution in [3.8, 4) is 0 Å². The largest absolute Gasteiger partial charge is 0.480 e. The van der Waals surface area contributed by atoms with Crippen molar-refractivity contribution in [3.63, 3.8) is 0 Å². The second-order valence-corrected chi connectivity index (χ2v) is 4.85. The van der Waals surface area contributed by atoms with E-state index in [-0.39, 0.29) is 6.54 Å². The number of aliphatic carboxylic acids is 1. The summed E-state index contributed by atoms with van der Waals surface area (Å²) in [6.45, 7) is 8.54. The van der Waals surface area contributed by atoms with Crippen molar-refractivity contribution in [2.45, 2.75) is 39.7 Å². The summed E-state index contributed by atoms with van der Waals surface area (Å²) in [5.74, 6) is -0.373. The number of carboxylic acids is 1. The van der Waals surface area contributed by atoms with Crippen LogP contribution in [-0.4, -0.2) is 54.9 Å². The molecule has 6 nitrogen and oxygen atoms in total. The number of carboxylic acid groups (broad SMARTS) is 1. The van der Waals surface area contributed by atoms with E-state index in [0.717, 1.165) is 19.4 Å². The average molecular weight is 274 g/mol. The van der Waals surface area contributed by atoms with E-state index in [1.165, 1.54) is 0 Å². The first-order chi connectivity index (χ1) is 9.02. The maximum absolute atomic E-state index is 10.3. The molecular weight excluding hydrogens is 248 g/mol. The Bertz CT molecular complexity index is 259. The van der Waals surface area contributed by atoms with Gasteiger partial charge in [0.15, 0.2) is 0 Å². The normalized spacial score (nSPS) is 12.7. The van der Waals surface area contributed by atoms with Gasteiger partial charge in [-0.3, -0.25) is 14.5 Å². The first-order valence-corrected chi connectivity index (χ1v) is 6.74. The van der Waals surface area contributed by atoms with Crippen molar-refractivity contribution in [2.75, 3.05) is 26.4 Å². The van der Waals surface area contributed by atoms with E-state index in [4.69, 9.17) is 9.84 Å². The quantitative estimate of drug-likeness (QED) is 0.313. The predicted molar refractivity (Wildman–Crippen MR) is 72.8 cm³/mol. The number of rotatable bonds is 12. The van der Waals surface area contributed by atoms with Crippen LogP contribution in [0.25, 0.3) is 0 Å². The Hall–Kier alpha value is -1.14. The third kappa shape index (κ3) is 8.56. The molecule has 0 bridgehead atoms. The van der Waals surface area contributed by atoms with E-state index < -0.39 is 5.97 Å². The summed E-state index contributed by atoms with van der Waals surface area (Å²) in [5, 5.41) is 11.4. The molecule has 0 aliphatic heterocycles. The van der Waals surface area contributed by atoms with Gasteiger partial charge in [-0.1, -0.05) is 20.8 Å². The van der Waals surface area contributed by atoms with Crippen molar-refractivity contribution < 1.29 is 19.4 Å². The van der Waals surface area contributed by atoms with Gasteiger partial charge in [0.25, 0.3) is 6.47 Å². The van der Waals surface area contributed by atoms with Crippen molar-refractivity contribution in [2.24, 2.45) is 5.92 Å². The van der Waals surface area contributed by atoms with Gasteiger partial charge >= 0.3 is 5.97 Å². The van der Waals surface area contributed by atoms with Crippen LogP contribution < -0.4 is 5.32 Å². The molecule has 6 heteroatoms. The highest BCUT2D eigenvalue weighted by Crippen LogP contribution is 2.14. The van der Waals surface area contributed by atoms with Crippen LogP contribution in [0.3, 0.4) is 0 Å². The third-order valence-corrected chi connectivity index (χ3v) is 3.04. The zero-order valence-electron chi connectivity index (χ0n) is 12.1. The smallest absolute Gasteiger partial charge is 0.317 e. The van der Waals surface area contributed by atoms with Crippen molar-refractivity contribution in [3.05, 3.63) is 0 Å². The summed E-state index contributed by atoms with van der Waals surface area (Å²) in [6, 6.07) is 0.361. The van der Waals surface area contributed by atoms with Crippen LogP contribution in [0.1, 0.15) is 33.6 Å². The van der Waals surface area contributed by atoms with Crippen LogP contribution in [-0.2, 0) is 14.3 Å². The molecule has 19 heavy (non-hydrogen) atoms. The molecule has 1 atom stereocenters. The van der Waals surface area contributed by atoms with Crippen molar-refractivity contribution in [1.82, 2.24) is 10.2 Å². The van der Waals surface area contributed by atoms with Crippen LogP contribution >= 0.6 is 0 Å². The number of carbonyl (C=O) groups is 2. The lowest BCUT2D eigenvalue weighted by Crippen LogP contribution is -2.41. The van der Waals surface area contributed by atoms with Crippen molar-refractivity contribution in [1.29, 1.82) is 0 Å². The van der Waals surface area contributed by atoms with Gasteiger partial charge in [0.2, 0.25) is 0 Å². The Morgan fingerprint density at radius 1 is 1.47 bits per heavy atom. The van der Waals surface area contributed by atoms with Crippen LogP contribution in [0, 0.1) is 5.92 Å². The minimum atomic E-state index is -0.852. The molecule has 0 saturated heterocycles. The molecule has 0 aromatic carbocycles. The van der Waals surface area contributed by atoms with Gasteiger partial charge in [-0.05, 0) is 25.3 Å². The molecule has 112 valence electrons. The number of nitrogens with zero attached hydrogens (tertiary/aromatic N) is 1. The predicted octanol–water partition coefficient (Wildman–Crippen LogP) is 0.918. The van der Waals surface area contributed by atoms with E-state index in [1.807, 2.05) is 0 Å². The summed E-state index contributed by atoms with van der Waals surface area (Å²) in [6.07, 6.45) is 1.81. The average Bonchev–Trinajstić information content (AvgIpc) is 2.34. The van der Waals surface area contributed by atoms with Crippen LogP contribution in [0.5, 0.6) is 0 Å². The summed E-state index contributed by atoms with van der Waals surface area (Å²) in [7, 11) is 0.